The number of aliphatic hydroxyl groups excluding tert-OH is 2. The van der Waals surface area contributed by atoms with Crippen molar-refractivity contribution in [3.05, 3.63) is 12.2 Å². The number of rotatable bonds is 53. The van der Waals surface area contributed by atoms with Crippen LogP contribution in [0.25, 0.3) is 0 Å². The Kier molecular flexibility index (Phi) is 52.0. The van der Waals surface area contributed by atoms with Gasteiger partial charge in [0.15, 0.2) is 0 Å². The van der Waals surface area contributed by atoms with Crippen molar-refractivity contribution in [3.63, 3.8) is 0 Å². The van der Waals surface area contributed by atoms with Crippen molar-refractivity contribution in [1.29, 1.82) is 0 Å². The Bertz CT molecular complexity index is 939. The van der Waals surface area contributed by atoms with E-state index in [-0.39, 0.29) is 18.5 Å². The number of carbonyl (C=O) groups is 2. The van der Waals surface area contributed by atoms with Gasteiger partial charge in [0, 0.05) is 12.8 Å². The van der Waals surface area contributed by atoms with Crippen LogP contribution in [0.4, 0.5) is 0 Å². The fourth-order valence-electron chi connectivity index (χ4n) is 8.93. The molecule has 0 spiro atoms. The van der Waals surface area contributed by atoms with Crippen LogP contribution in [0.5, 0.6) is 0 Å². The predicted octanol–water partition coefficient (Wildman–Crippen LogP) is 17.3. The minimum absolute atomic E-state index is 0.0255. The van der Waals surface area contributed by atoms with Gasteiger partial charge in [-0.2, -0.15) is 0 Å². The van der Waals surface area contributed by atoms with Gasteiger partial charge in [-0.15, -0.1) is 0 Å². The maximum absolute atomic E-state index is 12.5. The summed E-state index contributed by atoms with van der Waals surface area (Å²) in [5, 5.41) is 23.2. The molecular weight excluding hydrogens is 779 g/mol. The molecule has 0 aliphatic rings. The van der Waals surface area contributed by atoms with E-state index in [0.717, 1.165) is 57.8 Å². The summed E-state index contributed by atoms with van der Waals surface area (Å²) in [5.41, 5.74) is 0. The minimum atomic E-state index is -0.861. The Morgan fingerprint density at radius 3 is 1.08 bits per heavy atom. The van der Waals surface area contributed by atoms with Crippen LogP contribution in [0, 0.1) is 0 Å². The van der Waals surface area contributed by atoms with Crippen LogP contribution in [-0.2, 0) is 14.3 Å². The highest BCUT2D eigenvalue weighted by molar-refractivity contribution is 5.76. The first-order valence-corrected chi connectivity index (χ1v) is 28.5. The number of hydrogen-bond acceptors (Lipinski definition) is 5. The molecule has 0 rings (SSSR count). The van der Waals surface area contributed by atoms with Gasteiger partial charge in [0.1, 0.15) is 0 Å². The monoisotopic (exact) mass is 890 g/mol. The van der Waals surface area contributed by atoms with E-state index in [2.05, 4.69) is 19.2 Å². The third-order valence-electron chi connectivity index (χ3n) is 13.3. The van der Waals surface area contributed by atoms with Gasteiger partial charge in [0.2, 0.25) is 5.91 Å². The van der Waals surface area contributed by atoms with E-state index in [0.29, 0.717) is 19.4 Å². The van der Waals surface area contributed by atoms with E-state index in [1.165, 1.54) is 231 Å². The number of allylic oxidation sites excluding steroid dienone is 1. The summed E-state index contributed by atoms with van der Waals surface area (Å²) >= 11 is 0. The molecule has 0 saturated heterocycles. The van der Waals surface area contributed by atoms with Crippen molar-refractivity contribution < 1.29 is 24.5 Å². The van der Waals surface area contributed by atoms with Crippen LogP contribution in [0.1, 0.15) is 316 Å². The van der Waals surface area contributed by atoms with E-state index in [1.807, 2.05) is 6.08 Å². The molecule has 0 heterocycles. The minimum Gasteiger partial charge on any atom is -0.466 e. The molecular formula is C57H111NO5. The van der Waals surface area contributed by atoms with Gasteiger partial charge in [0.05, 0.1) is 25.4 Å². The van der Waals surface area contributed by atoms with Crippen LogP contribution < -0.4 is 5.32 Å². The van der Waals surface area contributed by atoms with Crippen molar-refractivity contribution in [2.24, 2.45) is 0 Å². The molecule has 1 amide bonds. The zero-order chi connectivity index (χ0) is 45.8. The van der Waals surface area contributed by atoms with Gasteiger partial charge >= 0.3 is 5.97 Å². The third kappa shape index (κ3) is 49.9. The van der Waals surface area contributed by atoms with Crippen molar-refractivity contribution in [3.8, 4) is 0 Å². The standard InChI is InChI=1S/C57H111NO5/c1-3-5-7-9-11-13-15-17-18-19-20-21-22-23-24-25-26-27-28-29-30-33-37-41-45-49-55(60)54(53-59)58-56(61)50-46-42-38-34-32-36-40-44-48-52-63-57(62)51-47-43-39-35-31-16-14-12-10-8-6-4-2/h45,49,54-55,59-60H,3-44,46-48,50-53H2,1-2H3,(H,58,61)/b49-45+. The van der Waals surface area contributed by atoms with Crippen LogP contribution in [0.2, 0.25) is 0 Å². The Morgan fingerprint density at radius 2 is 0.730 bits per heavy atom. The first kappa shape index (κ1) is 61.6. The van der Waals surface area contributed by atoms with Crippen molar-refractivity contribution in [2.75, 3.05) is 13.2 Å². The highest BCUT2D eigenvalue weighted by Gasteiger charge is 2.18. The Balaban J connectivity index is 3.50. The van der Waals surface area contributed by atoms with Gasteiger partial charge in [-0.25, -0.2) is 0 Å². The molecule has 0 aromatic carbocycles. The van der Waals surface area contributed by atoms with Gasteiger partial charge in [-0.1, -0.05) is 283 Å². The SMILES string of the molecule is CCCCCCCCCCCCCCCCCCCCCCCCC/C=C/C(O)C(CO)NC(=O)CCCCCCCCCCCOC(=O)CCCCCCCCCCCCCC. The quantitative estimate of drug-likeness (QED) is 0.0321. The summed E-state index contributed by atoms with van der Waals surface area (Å²) in [7, 11) is 0. The topological polar surface area (TPSA) is 95.9 Å². The van der Waals surface area contributed by atoms with Gasteiger partial charge in [-0.3, -0.25) is 9.59 Å². The Hall–Kier alpha value is -1.40. The second-order valence-corrected chi connectivity index (χ2v) is 19.6. The lowest BCUT2D eigenvalue weighted by molar-refractivity contribution is -0.143. The van der Waals surface area contributed by atoms with E-state index < -0.39 is 12.1 Å². The largest absolute Gasteiger partial charge is 0.466 e. The lowest BCUT2D eigenvalue weighted by Crippen LogP contribution is -2.45. The highest BCUT2D eigenvalue weighted by atomic mass is 16.5. The molecule has 0 fully saturated rings. The molecule has 2 atom stereocenters. The third-order valence-corrected chi connectivity index (χ3v) is 13.3. The number of nitrogens with one attached hydrogen (secondary N) is 1. The number of unbranched alkanes of at least 4 members (excludes halogenated alkanes) is 42. The molecule has 2 unspecified atom stereocenters. The maximum Gasteiger partial charge on any atom is 0.305 e. The van der Waals surface area contributed by atoms with Crippen LogP contribution >= 0.6 is 0 Å². The summed E-state index contributed by atoms with van der Waals surface area (Å²) in [6.45, 7) is 4.86. The van der Waals surface area contributed by atoms with Crippen molar-refractivity contribution in [2.45, 2.75) is 328 Å². The summed E-state index contributed by atoms with van der Waals surface area (Å²) in [6.07, 6.45) is 62.3. The van der Waals surface area contributed by atoms with E-state index in [4.69, 9.17) is 4.74 Å². The normalized spacial score (nSPS) is 12.6. The predicted molar refractivity (Wildman–Crippen MR) is 273 cm³/mol. The van der Waals surface area contributed by atoms with E-state index in [9.17, 15) is 19.8 Å². The molecule has 0 aromatic rings. The van der Waals surface area contributed by atoms with Gasteiger partial charge in [-0.05, 0) is 32.1 Å². The summed E-state index contributed by atoms with van der Waals surface area (Å²) in [6, 6.07) is -0.647. The average molecular weight is 891 g/mol. The van der Waals surface area contributed by atoms with Crippen molar-refractivity contribution in [1.82, 2.24) is 5.32 Å². The molecule has 6 heteroatoms. The first-order chi connectivity index (χ1) is 31.0. The average Bonchev–Trinajstić information content (AvgIpc) is 3.28. The number of carbonyl (C=O) groups excluding carboxylic acids is 2. The molecule has 0 saturated carbocycles. The molecule has 0 aliphatic carbocycles. The zero-order valence-corrected chi connectivity index (χ0v) is 42.6. The fraction of sp³-hybridized carbons (Fsp3) is 0.930. The molecule has 0 bridgehead atoms. The lowest BCUT2D eigenvalue weighted by Gasteiger charge is -2.20. The highest BCUT2D eigenvalue weighted by Crippen LogP contribution is 2.17. The summed E-state index contributed by atoms with van der Waals surface area (Å²) in [4.78, 5) is 24.5. The molecule has 0 radical (unpaired) electrons. The number of hydrogen-bond donors (Lipinski definition) is 3. The second-order valence-electron chi connectivity index (χ2n) is 19.6. The zero-order valence-electron chi connectivity index (χ0n) is 42.6. The first-order valence-electron chi connectivity index (χ1n) is 28.5. The molecule has 374 valence electrons. The Morgan fingerprint density at radius 1 is 0.429 bits per heavy atom. The fourth-order valence-corrected chi connectivity index (χ4v) is 8.93. The molecule has 63 heavy (non-hydrogen) atoms. The smallest absolute Gasteiger partial charge is 0.305 e. The number of aliphatic hydroxyl groups is 2. The van der Waals surface area contributed by atoms with Crippen LogP contribution in [-0.4, -0.2) is 47.4 Å². The summed E-state index contributed by atoms with van der Waals surface area (Å²) in [5.74, 6) is -0.117. The number of amides is 1. The van der Waals surface area contributed by atoms with E-state index >= 15 is 0 Å². The maximum atomic E-state index is 12.5. The molecule has 0 aliphatic heterocycles. The molecule has 3 N–H and O–H groups in total. The second kappa shape index (κ2) is 53.2. The van der Waals surface area contributed by atoms with E-state index in [1.54, 1.807) is 6.08 Å². The lowest BCUT2D eigenvalue weighted by atomic mass is 10.0. The summed E-state index contributed by atoms with van der Waals surface area (Å²) < 4.78 is 5.44. The van der Waals surface area contributed by atoms with Crippen molar-refractivity contribution >= 4 is 11.9 Å². The molecule has 6 nitrogen and oxygen atoms in total. The van der Waals surface area contributed by atoms with Crippen LogP contribution in [0.3, 0.4) is 0 Å². The van der Waals surface area contributed by atoms with Gasteiger partial charge < -0.3 is 20.3 Å². The number of ether oxygens (including phenoxy) is 1. The van der Waals surface area contributed by atoms with Gasteiger partial charge in [0.25, 0.3) is 0 Å². The van der Waals surface area contributed by atoms with Crippen LogP contribution in [0.15, 0.2) is 12.2 Å². The number of esters is 1. The Labute approximate surface area is 393 Å². The molecule has 0 aromatic heterocycles.